The molecule has 0 radical (unpaired) electrons. The number of carbonyl (C=O) groups is 1. The summed E-state index contributed by atoms with van der Waals surface area (Å²) in [5.74, 6) is 1.11. The number of likely N-dealkylation sites (tertiary alicyclic amines) is 1. The Morgan fingerprint density at radius 1 is 1.08 bits per heavy atom. The van der Waals surface area contributed by atoms with Crippen LogP contribution < -0.4 is 4.90 Å². The normalized spacial score (nSPS) is 22.5. The van der Waals surface area contributed by atoms with Gasteiger partial charge in [-0.3, -0.25) is 4.79 Å². The van der Waals surface area contributed by atoms with Crippen LogP contribution in [0.15, 0.2) is 48.9 Å². The van der Waals surface area contributed by atoms with Gasteiger partial charge in [-0.1, -0.05) is 18.2 Å². The van der Waals surface area contributed by atoms with Crippen LogP contribution in [0.3, 0.4) is 0 Å². The Bertz CT molecular complexity index is 906. The van der Waals surface area contributed by atoms with Crippen LogP contribution in [0.2, 0.25) is 0 Å². The van der Waals surface area contributed by atoms with Gasteiger partial charge in [-0.05, 0) is 24.6 Å². The first kappa shape index (κ1) is 13.5. The lowest BCUT2D eigenvalue weighted by atomic mass is 10.1. The van der Waals surface area contributed by atoms with Gasteiger partial charge in [0.2, 0.25) is 0 Å². The van der Waals surface area contributed by atoms with Crippen molar-refractivity contribution in [3.63, 3.8) is 0 Å². The zero-order valence-electron chi connectivity index (χ0n) is 13.1. The molecule has 2 saturated heterocycles. The van der Waals surface area contributed by atoms with Gasteiger partial charge in [0.1, 0.15) is 17.8 Å². The van der Waals surface area contributed by atoms with Crippen molar-refractivity contribution < 1.29 is 4.79 Å². The molecule has 4 heterocycles. The standard InChI is InChI=1S/C18H17N5O/c24-18(12-4-2-1-3-5-12)23-10-13-8-14(23)9-22(13)17-15-6-7-19-16(15)20-11-21-17/h1-7,11,13-14H,8-10H2,(H,19,20,21)/t13-,14-/m0/s1. The maximum atomic E-state index is 12.7. The molecule has 5 rings (SSSR count). The Balaban J connectivity index is 1.41. The molecule has 24 heavy (non-hydrogen) atoms. The molecule has 0 aliphatic carbocycles. The highest BCUT2D eigenvalue weighted by atomic mass is 16.2. The molecule has 1 aromatic carbocycles. The molecule has 2 fully saturated rings. The summed E-state index contributed by atoms with van der Waals surface area (Å²) in [6.45, 7) is 1.59. The molecule has 1 amide bonds. The molecule has 2 bridgehead atoms. The summed E-state index contributed by atoms with van der Waals surface area (Å²) in [5, 5.41) is 1.05. The third-order valence-corrected chi connectivity index (χ3v) is 5.13. The van der Waals surface area contributed by atoms with Crippen molar-refractivity contribution in [1.29, 1.82) is 0 Å². The second-order valence-electron chi connectivity index (χ2n) is 6.46. The second-order valence-corrected chi connectivity index (χ2v) is 6.46. The van der Waals surface area contributed by atoms with E-state index in [9.17, 15) is 4.79 Å². The SMILES string of the molecule is O=C(c1ccccc1)N1C[C@@H]2C[C@H]1CN2c1ncnc2[nH]ccc12. The molecule has 0 saturated carbocycles. The maximum Gasteiger partial charge on any atom is 0.254 e. The van der Waals surface area contributed by atoms with Crippen molar-refractivity contribution in [3.05, 3.63) is 54.5 Å². The third kappa shape index (κ3) is 1.92. The van der Waals surface area contributed by atoms with Crippen LogP contribution in [0.25, 0.3) is 11.0 Å². The van der Waals surface area contributed by atoms with Gasteiger partial charge in [-0.15, -0.1) is 0 Å². The molecule has 3 aromatic rings. The number of hydrogen-bond donors (Lipinski definition) is 1. The highest BCUT2D eigenvalue weighted by molar-refractivity contribution is 5.95. The van der Waals surface area contributed by atoms with Crippen molar-refractivity contribution in [2.24, 2.45) is 0 Å². The summed E-state index contributed by atoms with van der Waals surface area (Å²) in [6.07, 6.45) is 4.50. The van der Waals surface area contributed by atoms with E-state index in [-0.39, 0.29) is 11.9 Å². The Labute approximate surface area is 139 Å². The molecule has 2 aliphatic rings. The van der Waals surface area contributed by atoms with Crippen LogP contribution in [0, 0.1) is 0 Å². The molecule has 2 aliphatic heterocycles. The van der Waals surface area contributed by atoms with Crippen LogP contribution in [0.1, 0.15) is 16.8 Å². The zero-order valence-corrected chi connectivity index (χ0v) is 13.1. The summed E-state index contributed by atoms with van der Waals surface area (Å²) in [7, 11) is 0. The van der Waals surface area contributed by atoms with Gasteiger partial charge in [0.25, 0.3) is 5.91 Å². The van der Waals surface area contributed by atoms with E-state index in [2.05, 4.69) is 19.9 Å². The first-order valence-corrected chi connectivity index (χ1v) is 8.22. The smallest absolute Gasteiger partial charge is 0.254 e. The van der Waals surface area contributed by atoms with Gasteiger partial charge in [0.05, 0.1) is 17.5 Å². The molecule has 6 nitrogen and oxygen atoms in total. The highest BCUT2D eigenvalue weighted by Crippen LogP contribution is 2.36. The van der Waals surface area contributed by atoms with Crippen LogP contribution in [-0.4, -0.2) is 50.9 Å². The summed E-state index contributed by atoms with van der Waals surface area (Å²) >= 11 is 0. The fraction of sp³-hybridized carbons (Fsp3) is 0.278. The first-order valence-electron chi connectivity index (χ1n) is 8.22. The van der Waals surface area contributed by atoms with E-state index in [4.69, 9.17) is 0 Å². The molecule has 6 heteroatoms. The van der Waals surface area contributed by atoms with Gasteiger partial charge >= 0.3 is 0 Å². The fourth-order valence-electron chi connectivity index (χ4n) is 4.01. The number of anilines is 1. The number of piperazine rings is 1. The maximum absolute atomic E-state index is 12.7. The lowest BCUT2D eigenvalue weighted by Crippen LogP contribution is -2.49. The largest absolute Gasteiger partial charge is 0.349 e. The van der Waals surface area contributed by atoms with Crippen LogP contribution in [-0.2, 0) is 0 Å². The molecule has 0 unspecified atom stereocenters. The fourth-order valence-corrected chi connectivity index (χ4v) is 4.01. The van der Waals surface area contributed by atoms with E-state index in [1.165, 1.54) is 0 Å². The van der Waals surface area contributed by atoms with Gasteiger partial charge in [0, 0.05) is 24.8 Å². The third-order valence-electron chi connectivity index (χ3n) is 5.13. The minimum absolute atomic E-state index is 0.136. The summed E-state index contributed by atoms with van der Waals surface area (Å²) in [6, 6.07) is 12.1. The molecule has 2 aromatic heterocycles. The molecular formula is C18H17N5O. The molecule has 2 atom stereocenters. The number of rotatable bonds is 2. The molecule has 1 N–H and O–H groups in total. The predicted molar refractivity (Wildman–Crippen MR) is 90.9 cm³/mol. The monoisotopic (exact) mass is 319 g/mol. The lowest BCUT2D eigenvalue weighted by molar-refractivity contribution is 0.0725. The minimum atomic E-state index is 0.136. The number of carbonyl (C=O) groups excluding carboxylic acids is 1. The van der Waals surface area contributed by atoms with E-state index < -0.39 is 0 Å². The van der Waals surface area contributed by atoms with Crippen LogP contribution in [0.5, 0.6) is 0 Å². The number of amides is 1. The minimum Gasteiger partial charge on any atom is -0.349 e. The van der Waals surface area contributed by atoms with E-state index >= 15 is 0 Å². The molecule has 120 valence electrons. The van der Waals surface area contributed by atoms with Gasteiger partial charge in [-0.25, -0.2) is 9.97 Å². The van der Waals surface area contributed by atoms with E-state index in [1.807, 2.05) is 47.5 Å². The van der Waals surface area contributed by atoms with Crippen molar-refractivity contribution >= 4 is 22.8 Å². The average molecular weight is 319 g/mol. The van der Waals surface area contributed by atoms with Crippen molar-refractivity contribution in [2.75, 3.05) is 18.0 Å². The molecular weight excluding hydrogens is 302 g/mol. The Morgan fingerprint density at radius 2 is 1.96 bits per heavy atom. The second kappa shape index (κ2) is 5.06. The van der Waals surface area contributed by atoms with E-state index in [0.29, 0.717) is 6.04 Å². The van der Waals surface area contributed by atoms with Crippen LogP contribution >= 0.6 is 0 Å². The number of hydrogen-bond acceptors (Lipinski definition) is 4. The Kier molecular flexibility index (Phi) is 2.85. The van der Waals surface area contributed by atoms with Crippen molar-refractivity contribution in [3.8, 4) is 0 Å². The number of H-pyrrole nitrogens is 1. The summed E-state index contributed by atoms with van der Waals surface area (Å²) in [4.78, 5) is 29.0. The van der Waals surface area contributed by atoms with Crippen molar-refractivity contribution in [2.45, 2.75) is 18.5 Å². The highest BCUT2D eigenvalue weighted by Gasteiger charge is 2.46. The number of benzene rings is 1. The summed E-state index contributed by atoms with van der Waals surface area (Å²) < 4.78 is 0. The zero-order chi connectivity index (χ0) is 16.1. The number of fused-ring (bicyclic) bond motifs is 3. The number of nitrogens with zero attached hydrogens (tertiary/aromatic N) is 4. The number of nitrogens with one attached hydrogen (secondary N) is 1. The van der Waals surface area contributed by atoms with Gasteiger partial charge in [-0.2, -0.15) is 0 Å². The Hall–Kier alpha value is -2.89. The van der Waals surface area contributed by atoms with Gasteiger partial charge < -0.3 is 14.8 Å². The number of aromatic nitrogens is 3. The van der Waals surface area contributed by atoms with Gasteiger partial charge in [0.15, 0.2) is 0 Å². The quantitative estimate of drug-likeness (QED) is 0.785. The van der Waals surface area contributed by atoms with E-state index in [1.54, 1.807) is 6.33 Å². The lowest BCUT2D eigenvalue weighted by Gasteiger charge is -2.35. The summed E-state index contributed by atoms with van der Waals surface area (Å²) in [5.41, 5.74) is 1.63. The van der Waals surface area contributed by atoms with Crippen molar-refractivity contribution in [1.82, 2.24) is 19.9 Å². The van der Waals surface area contributed by atoms with E-state index in [0.717, 1.165) is 41.9 Å². The van der Waals surface area contributed by atoms with Crippen LogP contribution in [0.4, 0.5) is 5.82 Å². The Morgan fingerprint density at radius 3 is 2.75 bits per heavy atom. The molecule has 0 spiro atoms. The predicted octanol–water partition coefficient (Wildman–Crippen LogP) is 2.06. The topological polar surface area (TPSA) is 65.1 Å². The number of aromatic amines is 1. The average Bonchev–Trinajstić information content (AvgIpc) is 3.36. The first-order chi connectivity index (χ1) is 11.8.